The van der Waals surface area contributed by atoms with Gasteiger partial charge in [0.2, 0.25) is 5.91 Å². The van der Waals surface area contributed by atoms with E-state index in [-0.39, 0.29) is 17.9 Å². The van der Waals surface area contributed by atoms with Crippen molar-refractivity contribution in [1.29, 1.82) is 0 Å². The van der Waals surface area contributed by atoms with E-state index in [1.807, 2.05) is 40.0 Å². The Morgan fingerprint density at radius 1 is 1.19 bits per heavy atom. The van der Waals surface area contributed by atoms with E-state index in [0.29, 0.717) is 25.1 Å². The van der Waals surface area contributed by atoms with Gasteiger partial charge in [-0.2, -0.15) is 0 Å². The van der Waals surface area contributed by atoms with Gasteiger partial charge in [-0.1, -0.05) is 31.4 Å². The first-order valence-corrected chi connectivity index (χ1v) is 9.78. The third-order valence-electron chi connectivity index (χ3n) is 5.41. The fourth-order valence-electron chi connectivity index (χ4n) is 3.97. The van der Waals surface area contributed by atoms with Crippen LogP contribution >= 0.6 is 0 Å². The van der Waals surface area contributed by atoms with Crippen LogP contribution in [0.3, 0.4) is 0 Å². The Balaban J connectivity index is 2.07. The van der Waals surface area contributed by atoms with E-state index in [0.717, 1.165) is 40.6 Å². The van der Waals surface area contributed by atoms with Crippen LogP contribution in [0.2, 0.25) is 0 Å². The second kappa shape index (κ2) is 7.67. The maximum Gasteiger partial charge on any atom is 0.255 e. The molecule has 1 aromatic carbocycles. The number of carbonyl (C=O) groups is 2. The first kappa shape index (κ1) is 19.3. The van der Waals surface area contributed by atoms with Crippen molar-refractivity contribution in [3.05, 3.63) is 40.6 Å². The summed E-state index contributed by atoms with van der Waals surface area (Å²) in [6, 6.07) is 5.61. The Labute approximate surface area is 161 Å². The van der Waals surface area contributed by atoms with Crippen LogP contribution in [-0.4, -0.2) is 52.8 Å². The van der Waals surface area contributed by atoms with Crippen molar-refractivity contribution in [3.63, 3.8) is 0 Å². The lowest BCUT2D eigenvalue weighted by molar-refractivity contribution is -0.138. The maximum atomic E-state index is 13.5. The van der Waals surface area contributed by atoms with Crippen LogP contribution in [0.25, 0.3) is 10.9 Å². The van der Waals surface area contributed by atoms with E-state index < -0.39 is 0 Å². The molecule has 3 rings (SSSR count). The van der Waals surface area contributed by atoms with Gasteiger partial charge in [-0.05, 0) is 44.9 Å². The number of likely N-dealkylation sites (N-methyl/N-ethyl adjacent to an activating group) is 1. The number of aromatic nitrogens is 1. The molecule has 1 atom stereocenters. The average Bonchev–Trinajstić information content (AvgIpc) is 2.62. The van der Waals surface area contributed by atoms with Crippen LogP contribution in [0.1, 0.15) is 53.4 Å². The molecule has 0 bridgehead atoms. The molecule has 5 nitrogen and oxygen atoms in total. The minimum Gasteiger partial charge on any atom is -0.342 e. The van der Waals surface area contributed by atoms with Gasteiger partial charge < -0.3 is 9.80 Å². The summed E-state index contributed by atoms with van der Waals surface area (Å²) in [6.45, 7) is 9.23. The monoisotopic (exact) mass is 367 g/mol. The molecule has 1 aromatic heterocycles. The molecular weight excluding hydrogens is 338 g/mol. The van der Waals surface area contributed by atoms with Crippen molar-refractivity contribution in [2.24, 2.45) is 0 Å². The summed E-state index contributed by atoms with van der Waals surface area (Å²) in [4.78, 5) is 34.5. The van der Waals surface area contributed by atoms with Crippen LogP contribution in [0.4, 0.5) is 0 Å². The largest absolute Gasteiger partial charge is 0.342 e. The molecule has 0 saturated carbocycles. The third-order valence-corrected chi connectivity index (χ3v) is 5.41. The van der Waals surface area contributed by atoms with Gasteiger partial charge in [0.25, 0.3) is 5.91 Å². The van der Waals surface area contributed by atoms with Crippen molar-refractivity contribution in [2.45, 2.75) is 53.0 Å². The third kappa shape index (κ3) is 3.68. The number of benzene rings is 1. The molecule has 0 N–H and O–H groups in total. The highest BCUT2D eigenvalue weighted by Gasteiger charge is 2.36. The van der Waals surface area contributed by atoms with Gasteiger partial charge in [0, 0.05) is 31.2 Å². The van der Waals surface area contributed by atoms with Crippen LogP contribution in [0.15, 0.2) is 18.2 Å². The number of unbranched alkanes of at least 4 members (excludes halogenated alkanes) is 1. The van der Waals surface area contributed by atoms with Crippen molar-refractivity contribution in [3.8, 4) is 0 Å². The molecule has 0 unspecified atom stereocenters. The van der Waals surface area contributed by atoms with Crippen LogP contribution in [0, 0.1) is 20.8 Å². The molecule has 1 aliphatic rings. The van der Waals surface area contributed by atoms with E-state index >= 15 is 0 Å². The summed E-state index contributed by atoms with van der Waals surface area (Å²) in [7, 11) is 1.82. The number of hydrogen-bond acceptors (Lipinski definition) is 3. The highest BCUT2D eigenvalue weighted by atomic mass is 16.2. The number of fused-ring (bicyclic) bond motifs is 1. The number of carbonyl (C=O) groups excluding carboxylic acids is 2. The number of rotatable bonds is 4. The zero-order chi connectivity index (χ0) is 19.7. The normalized spacial score (nSPS) is 17.7. The number of hydrogen-bond donors (Lipinski definition) is 0. The number of piperazine rings is 1. The quantitative estimate of drug-likeness (QED) is 0.829. The fourth-order valence-corrected chi connectivity index (χ4v) is 3.97. The van der Waals surface area contributed by atoms with Gasteiger partial charge in [0.1, 0.15) is 6.04 Å². The summed E-state index contributed by atoms with van der Waals surface area (Å²) in [6.07, 6.45) is 2.65. The molecule has 2 heterocycles. The fraction of sp³-hybridized carbons (Fsp3) is 0.500. The Morgan fingerprint density at radius 2 is 1.93 bits per heavy atom. The lowest BCUT2D eigenvalue weighted by atomic mass is 9.98. The Morgan fingerprint density at radius 3 is 2.63 bits per heavy atom. The number of pyridine rings is 1. The first-order valence-electron chi connectivity index (χ1n) is 9.78. The van der Waals surface area contributed by atoms with Crippen LogP contribution in [0.5, 0.6) is 0 Å². The first-order chi connectivity index (χ1) is 12.8. The SMILES string of the molecule is CCCC[C@@H]1C(=O)N(C)CCN1C(=O)c1cc(C)nc2c(C)cc(C)cc12. The van der Waals surface area contributed by atoms with Crippen molar-refractivity contribution in [1.82, 2.24) is 14.8 Å². The molecule has 0 spiro atoms. The molecule has 2 amide bonds. The minimum absolute atomic E-state index is 0.0468. The lowest BCUT2D eigenvalue weighted by Gasteiger charge is -2.39. The highest BCUT2D eigenvalue weighted by molar-refractivity contribution is 6.08. The second-order valence-electron chi connectivity index (χ2n) is 7.71. The predicted molar refractivity (Wildman–Crippen MR) is 108 cm³/mol. The van der Waals surface area contributed by atoms with Crippen molar-refractivity contribution >= 4 is 22.7 Å². The Kier molecular flexibility index (Phi) is 5.49. The molecule has 1 aliphatic heterocycles. The van der Waals surface area contributed by atoms with Gasteiger partial charge >= 0.3 is 0 Å². The van der Waals surface area contributed by atoms with E-state index in [9.17, 15) is 9.59 Å². The molecule has 1 saturated heterocycles. The summed E-state index contributed by atoms with van der Waals surface area (Å²) in [5.74, 6) is -0.0106. The van der Waals surface area contributed by atoms with Gasteiger partial charge in [-0.3, -0.25) is 14.6 Å². The predicted octanol–water partition coefficient (Wildman–Crippen LogP) is 3.63. The summed E-state index contributed by atoms with van der Waals surface area (Å²) in [5.41, 5.74) is 4.53. The molecule has 5 heteroatoms. The minimum atomic E-state index is -0.370. The van der Waals surface area contributed by atoms with Crippen molar-refractivity contribution in [2.75, 3.05) is 20.1 Å². The topological polar surface area (TPSA) is 53.5 Å². The number of aryl methyl sites for hydroxylation is 3. The standard InChI is InChI=1S/C22H29N3O2/c1-6-7-8-19-22(27)24(5)9-10-25(19)21(26)18-13-16(4)23-20-15(3)11-14(2)12-17(18)20/h11-13,19H,6-10H2,1-5H3/t19-/m1/s1. The smallest absolute Gasteiger partial charge is 0.255 e. The van der Waals surface area contributed by atoms with Gasteiger partial charge in [-0.15, -0.1) is 0 Å². The molecule has 0 radical (unpaired) electrons. The summed E-state index contributed by atoms with van der Waals surface area (Å²) in [5, 5.41) is 0.878. The van der Waals surface area contributed by atoms with E-state index in [1.165, 1.54) is 0 Å². The maximum absolute atomic E-state index is 13.5. The van der Waals surface area contributed by atoms with E-state index in [1.54, 1.807) is 9.80 Å². The molecule has 1 fully saturated rings. The van der Waals surface area contributed by atoms with E-state index in [4.69, 9.17) is 0 Å². The Hall–Kier alpha value is -2.43. The zero-order valence-corrected chi connectivity index (χ0v) is 17.0. The van der Waals surface area contributed by atoms with Gasteiger partial charge in [0.15, 0.2) is 0 Å². The lowest BCUT2D eigenvalue weighted by Crippen LogP contribution is -2.57. The van der Waals surface area contributed by atoms with Gasteiger partial charge in [0.05, 0.1) is 11.1 Å². The number of nitrogens with zero attached hydrogens (tertiary/aromatic N) is 3. The highest BCUT2D eigenvalue weighted by Crippen LogP contribution is 2.27. The number of amides is 2. The molecule has 144 valence electrons. The molecule has 0 aliphatic carbocycles. The van der Waals surface area contributed by atoms with Crippen molar-refractivity contribution < 1.29 is 9.59 Å². The van der Waals surface area contributed by atoms with E-state index in [2.05, 4.69) is 18.0 Å². The molecular formula is C22H29N3O2. The zero-order valence-electron chi connectivity index (χ0n) is 17.0. The molecule has 27 heavy (non-hydrogen) atoms. The Bertz CT molecular complexity index is 891. The second-order valence-corrected chi connectivity index (χ2v) is 7.71. The van der Waals surface area contributed by atoms with Crippen LogP contribution < -0.4 is 0 Å². The van der Waals surface area contributed by atoms with Crippen LogP contribution in [-0.2, 0) is 4.79 Å². The molecule has 2 aromatic rings. The summed E-state index contributed by atoms with van der Waals surface area (Å²) >= 11 is 0. The van der Waals surface area contributed by atoms with Gasteiger partial charge in [-0.25, -0.2) is 0 Å². The average molecular weight is 367 g/mol. The summed E-state index contributed by atoms with van der Waals surface area (Å²) < 4.78 is 0.